The quantitative estimate of drug-likeness (QED) is 0.760. The minimum Gasteiger partial charge on any atom is -0.393 e. The highest BCUT2D eigenvalue weighted by atomic mass is 16.7. The molecule has 1 heterocycles. The maximum atomic E-state index is 10.5. The Labute approximate surface area is 123 Å². The van der Waals surface area contributed by atoms with Crippen molar-refractivity contribution in [2.24, 2.45) is 29.6 Å². The van der Waals surface area contributed by atoms with E-state index in [0.717, 1.165) is 62.6 Å². The number of aliphatic hydroxyl groups is 1. The summed E-state index contributed by atoms with van der Waals surface area (Å²) >= 11 is 0. The monoisotopic (exact) mass is 282 g/mol. The molecule has 3 nitrogen and oxygen atoms in total. The van der Waals surface area contributed by atoms with Crippen LogP contribution in [-0.2, 0) is 9.47 Å². The molecule has 3 heteroatoms. The molecule has 1 N–H and O–H groups in total. The van der Waals surface area contributed by atoms with E-state index in [-0.39, 0.29) is 12.4 Å². The van der Waals surface area contributed by atoms with E-state index in [1.54, 1.807) is 0 Å². The first-order valence-corrected chi connectivity index (χ1v) is 8.58. The van der Waals surface area contributed by atoms with Gasteiger partial charge in [-0.05, 0) is 61.7 Å². The molecule has 3 fully saturated rings. The number of hydrogen-bond donors (Lipinski definition) is 1. The number of aliphatic hydroxyl groups excluding tert-OH is 1. The summed E-state index contributed by atoms with van der Waals surface area (Å²) in [4.78, 5) is 0. The molecular formula is C17H30O3. The summed E-state index contributed by atoms with van der Waals surface area (Å²) in [6.45, 7) is 6.28. The van der Waals surface area contributed by atoms with E-state index in [4.69, 9.17) is 9.47 Å². The molecule has 0 aromatic carbocycles. The topological polar surface area (TPSA) is 38.7 Å². The van der Waals surface area contributed by atoms with Crippen molar-refractivity contribution >= 4 is 0 Å². The average molecular weight is 282 g/mol. The van der Waals surface area contributed by atoms with Gasteiger partial charge in [0.25, 0.3) is 0 Å². The van der Waals surface area contributed by atoms with Crippen molar-refractivity contribution in [1.82, 2.24) is 0 Å². The highest BCUT2D eigenvalue weighted by Crippen LogP contribution is 2.56. The van der Waals surface area contributed by atoms with Gasteiger partial charge in [0.1, 0.15) is 0 Å². The van der Waals surface area contributed by atoms with Gasteiger partial charge in [-0.1, -0.05) is 20.3 Å². The standard InChI is InChI=1S/C17H30O3/c1-11-12(2)14-9-13(11)10-15(14)16(18)5-3-4-6-17-19-7-8-20-17/h11-18H,3-10H2,1-2H3. The lowest BCUT2D eigenvalue weighted by molar-refractivity contribution is -0.0488. The van der Waals surface area contributed by atoms with Crippen LogP contribution in [0.1, 0.15) is 52.4 Å². The Morgan fingerprint density at radius 1 is 1.05 bits per heavy atom. The van der Waals surface area contributed by atoms with Crippen LogP contribution in [0.4, 0.5) is 0 Å². The van der Waals surface area contributed by atoms with Gasteiger partial charge in [0.2, 0.25) is 0 Å². The van der Waals surface area contributed by atoms with Gasteiger partial charge < -0.3 is 14.6 Å². The molecular weight excluding hydrogens is 252 g/mol. The van der Waals surface area contributed by atoms with E-state index in [9.17, 15) is 5.11 Å². The van der Waals surface area contributed by atoms with Crippen LogP contribution >= 0.6 is 0 Å². The first-order valence-electron chi connectivity index (χ1n) is 8.58. The van der Waals surface area contributed by atoms with Crippen molar-refractivity contribution in [3.8, 4) is 0 Å². The Bertz CT molecular complexity index is 311. The molecule has 0 amide bonds. The third kappa shape index (κ3) is 2.90. The Morgan fingerprint density at radius 2 is 1.80 bits per heavy atom. The molecule has 20 heavy (non-hydrogen) atoms. The van der Waals surface area contributed by atoms with Gasteiger partial charge in [0.15, 0.2) is 6.29 Å². The van der Waals surface area contributed by atoms with Crippen LogP contribution in [0.3, 0.4) is 0 Å². The van der Waals surface area contributed by atoms with E-state index in [0.29, 0.717) is 5.92 Å². The zero-order valence-corrected chi connectivity index (χ0v) is 13.0. The fraction of sp³-hybridized carbons (Fsp3) is 1.00. The van der Waals surface area contributed by atoms with E-state index in [1.165, 1.54) is 12.8 Å². The Hall–Kier alpha value is -0.120. The van der Waals surface area contributed by atoms with Crippen LogP contribution in [0.5, 0.6) is 0 Å². The van der Waals surface area contributed by atoms with Crippen molar-refractivity contribution in [3.05, 3.63) is 0 Å². The third-order valence-electron chi connectivity index (χ3n) is 6.32. The van der Waals surface area contributed by atoms with Gasteiger partial charge in [-0.25, -0.2) is 0 Å². The summed E-state index contributed by atoms with van der Waals surface area (Å²) in [6, 6.07) is 0. The molecule has 2 bridgehead atoms. The molecule has 0 aromatic rings. The molecule has 0 radical (unpaired) electrons. The maximum absolute atomic E-state index is 10.5. The fourth-order valence-corrected chi connectivity index (χ4v) is 4.89. The van der Waals surface area contributed by atoms with Gasteiger partial charge in [0.05, 0.1) is 19.3 Å². The Kier molecular flexibility index (Phi) is 4.68. The molecule has 6 unspecified atom stereocenters. The summed E-state index contributed by atoms with van der Waals surface area (Å²) < 4.78 is 10.9. The van der Waals surface area contributed by atoms with Crippen LogP contribution in [-0.4, -0.2) is 30.7 Å². The summed E-state index contributed by atoms with van der Waals surface area (Å²) in [6.07, 6.45) is 6.73. The molecule has 6 atom stereocenters. The molecule has 116 valence electrons. The third-order valence-corrected chi connectivity index (χ3v) is 6.32. The van der Waals surface area contributed by atoms with Gasteiger partial charge in [-0.2, -0.15) is 0 Å². The van der Waals surface area contributed by atoms with Crippen LogP contribution in [0.15, 0.2) is 0 Å². The number of unbranched alkanes of at least 4 members (excludes halogenated alkanes) is 1. The smallest absolute Gasteiger partial charge is 0.157 e. The molecule has 3 aliphatic rings. The van der Waals surface area contributed by atoms with E-state index in [2.05, 4.69) is 13.8 Å². The summed E-state index contributed by atoms with van der Waals surface area (Å²) in [5.74, 6) is 3.93. The molecule has 0 spiro atoms. The van der Waals surface area contributed by atoms with Crippen molar-refractivity contribution in [1.29, 1.82) is 0 Å². The molecule has 0 aromatic heterocycles. The van der Waals surface area contributed by atoms with Gasteiger partial charge >= 0.3 is 0 Å². The maximum Gasteiger partial charge on any atom is 0.157 e. The second-order valence-electron chi connectivity index (χ2n) is 7.30. The second kappa shape index (κ2) is 6.33. The minimum absolute atomic E-state index is 0.0236. The average Bonchev–Trinajstić information content (AvgIpc) is 3.14. The number of ether oxygens (including phenoxy) is 2. The van der Waals surface area contributed by atoms with Crippen molar-refractivity contribution < 1.29 is 14.6 Å². The summed E-state index contributed by atoms with van der Waals surface area (Å²) in [5.41, 5.74) is 0. The van der Waals surface area contributed by atoms with Crippen LogP contribution in [0.2, 0.25) is 0 Å². The Balaban J connectivity index is 1.36. The van der Waals surface area contributed by atoms with Crippen molar-refractivity contribution in [2.75, 3.05) is 13.2 Å². The first-order chi connectivity index (χ1) is 9.66. The van der Waals surface area contributed by atoms with E-state index < -0.39 is 0 Å². The molecule has 1 aliphatic heterocycles. The van der Waals surface area contributed by atoms with E-state index >= 15 is 0 Å². The lowest BCUT2D eigenvalue weighted by Crippen LogP contribution is -2.32. The zero-order chi connectivity index (χ0) is 14.1. The minimum atomic E-state index is -0.0784. The first kappa shape index (κ1) is 14.8. The number of rotatable bonds is 6. The lowest BCUT2D eigenvalue weighted by Gasteiger charge is -2.34. The predicted molar refractivity (Wildman–Crippen MR) is 78.2 cm³/mol. The van der Waals surface area contributed by atoms with Crippen LogP contribution < -0.4 is 0 Å². The zero-order valence-electron chi connectivity index (χ0n) is 13.0. The fourth-order valence-electron chi connectivity index (χ4n) is 4.89. The van der Waals surface area contributed by atoms with Gasteiger partial charge in [-0.3, -0.25) is 0 Å². The molecule has 1 saturated heterocycles. The number of hydrogen-bond acceptors (Lipinski definition) is 3. The highest BCUT2D eigenvalue weighted by molar-refractivity contribution is 4.99. The van der Waals surface area contributed by atoms with Gasteiger partial charge in [-0.15, -0.1) is 0 Å². The molecule has 2 aliphatic carbocycles. The SMILES string of the molecule is CC1C2CC(C(O)CCCCC3OCCO3)C(C2)C1C. The van der Waals surface area contributed by atoms with Crippen molar-refractivity contribution in [3.63, 3.8) is 0 Å². The largest absolute Gasteiger partial charge is 0.393 e. The summed E-state index contributed by atoms with van der Waals surface area (Å²) in [5, 5.41) is 10.5. The molecule has 3 rings (SSSR count). The Morgan fingerprint density at radius 3 is 2.45 bits per heavy atom. The second-order valence-corrected chi connectivity index (χ2v) is 7.30. The lowest BCUT2D eigenvalue weighted by atomic mass is 9.73. The summed E-state index contributed by atoms with van der Waals surface area (Å²) in [7, 11) is 0. The van der Waals surface area contributed by atoms with Crippen LogP contribution in [0.25, 0.3) is 0 Å². The number of fused-ring (bicyclic) bond motifs is 2. The predicted octanol–water partition coefficient (Wildman–Crippen LogP) is 3.21. The highest BCUT2D eigenvalue weighted by Gasteiger charge is 2.50. The molecule has 2 saturated carbocycles. The normalized spacial score (nSPS) is 42.5. The van der Waals surface area contributed by atoms with Gasteiger partial charge in [0, 0.05) is 0 Å². The van der Waals surface area contributed by atoms with Crippen molar-refractivity contribution in [2.45, 2.75) is 64.8 Å². The van der Waals surface area contributed by atoms with Crippen LogP contribution in [0, 0.1) is 29.6 Å². The van der Waals surface area contributed by atoms with E-state index in [1.807, 2.05) is 0 Å².